The van der Waals surface area contributed by atoms with Gasteiger partial charge in [0.05, 0.1) is 5.69 Å². The maximum atomic E-state index is 4.54. The first-order valence-electron chi connectivity index (χ1n) is 9.11. The third-order valence-corrected chi connectivity index (χ3v) is 5.75. The van der Waals surface area contributed by atoms with E-state index in [2.05, 4.69) is 77.3 Å². The van der Waals surface area contributed by atoms with Gasteiger partial charge in [0, 0.05) is 46.0 Å². The van der Waals surface area contributed by atoms with Crippen LogP contribution in [-0.2, 0) is 0 Å². The molecule has 6 nitrogen and oxygen atoms in total. The molecule has 6 rings (SSSR count). The van der Waals surface area contributed by atoms with Gasteiger partial charge < -0.3 is 4.98 Å². The fraction of sp³-hybridized carbons (Fsp3) is 0. The Bertz CT molecular complexity index is 1450. The second kappa shape index (κ2) is 6.35. The molecule has 6 aromatic rings. The van der Waals surface area contributed by atoms with E-state index >= 15 is 0 Å². The fourth-order valence-electron chi connectivity index (χ4n) is 3.67. The first-order chi connectivity index (χ1) is 14.4. The van der Waals surface area contributed by atoms with Gasteiger partial charge in [0.25, 0.3) is 0 Å². The van der Waals surface area contributed by atoms with Crippen molar-refractivity contribution in [2.75, 3.05) is 0 Å². The van der Waals surface area contributed by atoms with Gasteiger partial charge in [-0.25, -0.2) is 15.0 Å². The van der Waals surface area contributed by atoms with Crippen LogP contribution in [0.5, 0.6) is 0 Å². The van der Waals surface area contributed by atoms with E-state index in [-0.39, 0.29) is 0 Å². The van der Waals surface area contributed by atoms with Crippen LogP contribution < -0.4 is 0 Å². The number of fused-ring (bicyclic) bond motifs is 2. The Morgan fingerprint density at radius 1 is 0.862 bits per heavy atom. The minimum absolute atomic E-state index is 0.748. The molecule has 0 spiro atoms. The van der Waals surface area contributed by atoms with Crippen LogP contribution in [-0.4, -0.2) is 30.1 Å². The molecule has 0 aliphatic rings. The lowest BCUT2D eigenvalue weighted by molar-refractivity contribution is 1.10. The van der Waals surface area contributed by atoms with Gasteiger partial charge in [-0.1, -0.05) is 12.1 Å². The molecule has 0 saturated heterocycles. The maximum Gasteiger partial charge on any atom is 0.155 e. The van der Waals surface area contributed by atoms with E-state index in [0.29, 0.717) is 0 Å². The largest absolute Gasteiger partial charge is 0.353 e. The molecule has 5 heterocycles. The van der Waals surface area contributed by atoms with Crippen LogP contribution >= 0.6 is 11.3 Å². The molecule has 29 heavy (non-hydrogen) atoms. The van der Waals surface area contributed by atoms with Crippen molar-refractivity contribution < 1.29 is 0 Å². The summed E-state index contributed by atoms with van der Waals surface area (Å²) in [4.78, 5) is 16.3. The number of benzene rings is 1. The van der Waals surface area contributed by atoms with Crippen LogP contribution in [0.3, 0.4) is 0 Å². The van der Waals surface area contributed by atoms with Crippen molar-refractivity contribution in [3.63, 3.8) is 0 Å². The molecule has 0 radical (unpaired) electrons. The summed E-state index contributed by atoms with van der Waals surface area (Å²) in [6.07, 6.45) is 6.90. The van der Waals surface area contributed by atoms with Crippen LogP contribution in [0, 0.1) is 0 Å². The molecule has 0 bridgehead atoms. The van der Waals surface area contributed by atoms with Gasteiger partial charge in [-0.05, 0) is 46.2 Å². The van der Waals surface area contributed by atoms with Crippen LogP contribution in [0.25, 0.3) is 55.6 Å². The molecular weight excluding hydrogens is 380 g/mol. The van der Waals surface area contributed by atoms with Crippen molar-refractivity contribution >= 4 is 33.3 Å². The third-order valence-electron chi connectivity index (χ3n) is 5.06. The van der Waals surface area contributed by atoms with E-state index in [9.17, 15) is 0 Å². The molecule has 7 heteroatoms. The van der Waals surface area contributed by atoms with Crippen LogP contribution in [0.1, 0.15) is 0 Å². The number of hydrogen-bond acceptors (Lipinski definition) is 5. The number of pyridine rings is 1. The average Bonchev–Trinajstić information content (AvgIpc) is 3.52. The van der Waals surface area contributed by atoms with Crippen molar-refractivity contribution in [2.45, 2.75) is 0 Å². The van der Waals surface area contributed by atoms with Crippen molar-refractivity contribution in [1.29, 1.82) is 0 Å². The zero-order valence-corrected chi connectivity index (χ0v) is 15.9. The molecule has 0 fully saturated rings. The highest BCUT2D eigenvalue weighted by molar-refractivity contribution is 7.08. The summed E-state index contributed by atoms with van der Waals surface area (Å²) in [5, 5.41) is 14.0. The van der Waals surface area contributed by atoms with Gasteiger partial charge in [-0.2, -0.15) is 16.4 Å². The third kappa shape index (κ3) is 2.63. The smallest absolute Gasteiger partial charge is 0.155 e. The van der Waals surface area contributed by atoms with Gasteiger partial charge in [0.2, 0.25) is 0 Å². The molecule has 0 amide bonds. The standard InChI is InChI=1S/C22H14N6S/c1-2-16(13-4-5-29-11-13)17-7-20(26-19(17)3-1)21-18-6-14(10-25-22(18)28-27-21)15-8-23-12-24-9-15/h1-12,26H,(H,25,27,28). The molecule has 0 aliphatic heterocycles. The first kappa shape index (κ1) is 16.1. The molecular formula is C22H14N6S. The summed E-state index contributed by atoms with van der Waals surface area (Å²) in [6.45, 7) is 0. The van der Waals surface area contributed by atoms with Gasteiger partial charge in [-0.15, -0.1) is 0 Å². The normalized spacial score (nSPS) is 11.4. The second-order valence-electron chi connectivity index (χ2n) is 6.78. The predicted molar refractivity (Wildman–Crippen MR) is 116 cm³/mol. The Labute approximate surface area is 169 Å². The zero-order valence-electron chi connectivity index (χ0n) is 15.1. The van der Waals surface area contributed by atoms with Crippen LogP contribution in [0.2, 0.25) is 0 Å². The van der Waals surface area contributed by atoms with Gasteiger partial charge in [0.1, 0.15) is 12.0 Å². The molecule has 1 aromatic carbocycles. The number of nitrogens with one attached hydrogen (secondary N) is 2. The molecule has 0 aliphatic carbocycles. The molecule has 0 unspecified atom stereocenters. The molecule has 138 valence electrons. The van der Waals surface area contributed by atoms with Crippen LogP contribution in [0.15, 0.2) is 72.1 Å². The van der Waals surface area contributed by atoms with Gasteiger partial charge in [-0.3, -0.25) is 5.10 Å². The van der Waals surface area contributed by atoms with Crippen molar-refractivity contribution in [1.82, 2.24) is 30.1 Å². The lowest BCUT2D eigenvalue weighted by atomic mass is 10.0. The summed E-state index contributed by atoms with van der Waals surface area (Å²) in [6, 6.07) is 12.7. The Hall–Kier alpha value is -3.84. The van der Waals surface area contributed by atoms with Gasteiger partial charge in [0.15, 0.2) is 5.65 Å². The highest BCUT2D eigenvalue weighted by Crippen LogP contribution is 2.35. The van der Waals surface area contributed by atoms with Crippen molar-refractivity contribution in [3.8, 4) is 33.6 Å². The van der Waals surface area contributed by atoms with Crippen molar-refractivity contribution in [2.24, 2.45) is 0 Å². The summed E-state index contributed by atoms with van der Waals surface area (Å²) in [5.41, 5.74) is 7.95. The molecule has 5 aromatic heterocycles. The van der Waals surface area contributed by atoms with Crippen molar-refractivity contribution in [3.05, 3.63) is 72.1 Å². The summed E-state index contributed by atoms with van der Waals surface area (Å²) < 4.78 is 0. The SMILES string of the molecule is c1cc(-c2ccsc2)c2cc(-c3n[nH]c4ncc(-c5cncnc5)cc34)[nH]c2c1. The van der Waals surface area contributed by atoms with E-state index in [4.69, 9.17) is 0 Å². The van der Waals surface area contributed by atoms with E-state index in [1.807, 2.05) is 6.20 Å². The Morgan fingerprint density at radius 2 is 1.79 bits per heavy atom. The number of thiophene rings is 1. The Kier molecular flexibility index (Phi) is 3.54. The zero-order chi connectivity index (χ0) is 19.2. The molecule has 2 N–H and O–H groups in total. The predicted octanol–water partition coefficient (Wildman–Crippen LogP) is 5.29. The van der Waals surface area contributed by atoms with E-state index in [1.165, 1.54) is 22.8 Å². The van der Waals surface area contributed by atoms with Crippen LogP contribution in [0.4, 0.5) is 0 Å². The van der Waals surface area contributed by atoms with E-state index in [1.54, 1.807) is 23.7 Å². The first-order valence-corrected chi connectivity index (χ1v) is 10.1. The Balaban J connectivity index is 1.53. The topological polar surface area (TPSA) is 83.1 Å². The minimum Gasteiger partial charge on any atom is -0.353 e. The highest BCUT2D eigenvalue weighted by Gasteiger charge is 2.15. The summed E-state index contributed by atoms with van der Waals surface area (Å²) >= 11 is 1.70. The number of nitrogens with zero attached hydrogens (tertiary/aromatic N) is 4. The number of aromatic nitrogens is 6. The summed E-state index contributed by atoms with van der Waals surface area (Å²) in [7, 11) is 0. The Morgan fingerprint density at radius 3 is 2.66 bits per heavy atom. The average molecular weight is 394 g/mol. The molecule has 0 atom stereocenters. The monoisotopic (exact) mass is 394 g/mol. The quantitative estimate of drug-likeness (QED) is 0.427. The fourth-order valence-corrected chi connectivity index (χ4v) is 4.32. The minimum atomic E-state index is 0.748. The molecule has 0 saturated carbocycles. The van der Waals surface area contributed by atoms with E-state index in [0.717, 1.165) is 39.1 Å². The van der Waals surface area contributed by atoms with E-state index < -0.39 is 0 Å². The second-order valence-corrected chi connectivity index (χ2v) is 7.56. The number of aromatic amines is 2. The summed E-state index contributed by atoms with van der Waals surface area (Å²) in [5.74, 6) is 0. The highest BCUT2D eigenvalue weighted by atomic mass is 32.1. The number of hydrogen-bond donors (Lipinski definition) is 2. The maximum absolute atomic E-state index is 4.54. The number of rotatable bonds is 3. The lowest BCUT2D eigenvalue weighted by Gasteiger charge is -2.00. The van der Waals surface area contributed by atoms with Gasteiger partial charge >= 0.3 is 0 Å². The lowest BCUT2D eigenvalue weighted by Crippen LogP contribution is -1.85. The number of H-pyrrole nitrogens is 2.